The van der Waals surface area contributed by atoms with Crippen LogP contribution in [-0.2, 0) is 15.8 Å². The minimum absolute atomic E-state index is 0.0310. The van der Waals surface area contributed by atoms with Crippen LogP contribution in [0.3, 0.4) is 0 Å². The van der Waals surface area contributed by atoms with Gasteiger partial charge in [-0.25, -0.2) is 0 Å². The fourth-order valence-corrected chi connectivity index (χ4v) is 3.81. The van der Waals surface area contributed by atoms with Gasteiger partial charge in [-0.1, -0.05) is 12.1 Å². The lowest BCUT2D eigenvalue weighted by Gasteiger charge is -2.22. The van der Waals surface area contributed by atoms with E-state index in [4.69, 9.17) is 9.47 Å². The van der Waals surface area contributed by atoms with Crippen molar-refractivity contribution < 1.29 is 46.6 Å². The van der Waals surface area contributed by atoms with E-state index in [1.54, 1.807) is 0 Å². The predicted octanol–water partition coefficient (Wildman–Crippen LogP) is 4.58. The van der Waals surface area contributed by atoms with Crippen molar-refractivity contribution in [1.29, 1.82) is 0 Å². The van der Waals surface area contributed by atoms with Crippen LogP contribution in [0.15, 0.2) is 54.6 Å². The number of nitrogens with one attached hydrogen (secondary N) is 1. The second-order valence-electron chi connectivity index (χ2n) is 7.95. The molecular formula is C26H16F3NO7. The molecule has 1 aliphatic rings. The summed E-state index contributed by atoms with van der Waals surface area (Å²) in [5.74, 6) is -4.42. The van der Waals surface area contributed by atoms with Gasteiger partial charge in [-0.05, 0) is 42.5 Å². The highest BCUT2D eigenvalue weighted by molar-refractivity contribution is 6.31. The third-order valence-electron chi connectivity index (χ3n) is 5.31. The number of esters is 2. The summed E-state index contributed by atoms with van der Waals surface area (Å²) in [6.07, 6.45) is -4.56. The quantitative estimate of drug-likeness (QED) is 0.315. The zero-order valence-electron chi connectivity index (χ0n) is 19.2. The fourth-order valence-electron chi connectivity index (χ4n) is 3.81. The first kappa shape index (κ1) is 25.3. The third-order valence-corrected chi connectivity index (χ3v) is 5.31. The Hall–Kier alpha value is -4.80. The normalized spacial score (nSPS) is 12.4. The average molecular weight is 511 g/mol. The lowest BCUT2D eigenvalue weighted by atomic mass is 9.82. The number of halogens is 3. The van der Waals surface area contributed by atoms with Gasteiger partial charge in [0.25, 0.3) is 5.91 Å². The number of ether oxygens (including phenoxy) is 2. The minimum atomic E-state index is -4.56. The maximum absolute atomic E-state index is 13.4. The Morgan fingerprint density at radius 3 is 1.95 bits per heavy atom. The number of benzene rings is 3. The molecular weight excluding hydrogens is 495 g/mol. The molecule has 0 radical (unpaired) electrons. The van der Waals surface area contributed by atoms with Crippen molar-refractivity contribution in [3.63, 3.8) is 0 Å². The highest BCUT2D eigenvalue weighted by Crippen LogP contribution is 2.38. The molecule has 0 spiro atoms. The molecule has 0 bridgehead atoms. The summed E-state index contributed by atoms with van der Waals surface area (Å²) in [6, 6.07) is 9.91. The van der Waals surface area contributed by atoms with E-state index < -0.39 is 41.2 Å². The summed E-state index contributed by atoms with van der Waals surface area (Å²) in [5, 5.41) is 2.40. The Kier molecular flexibility index (Phi) is 6.39. The molecule has 4 rings (SSSR count). The number of hydrogen-bond acceptors (Lipinski definition) is 7. The zero-order chi connectivity index (χ0) is 27.1. The van der Waals surface area contributed by atoms with Crippen LogP contribution in [0.2, 0.25) is 0 Å². The van der Waals surface area contributed by atoms with Crippen molar-refractivity contribution in [1.82, 2.24) is 0 Å². The van der Waals surface area contributed by atoms with Gasteiger partial charge >= 0.3 is 18.1 Å². The summed E-state index contributed by atoms with van der Waals surface area (Å²) in [4.78, 5) is 62.9. The van der Waals surface area contributed by atoms with Crippen LogP contribution in [0, 0.1) is 0 Å². The SMILES string of the molecule is CC(=O)Oc1cccc2c1C(=O)c1c(OC(C)=O)cc(C(=O)Nc3ccc(C(F)(F)F)cc3)cc1C2=O. The molecule has 1 N–H and O–H groups in total. The second kappa shape index (κ2) is 9.34. The van der Waals surface area contributed by atoms with Crippen LogP contribution in [0.5, 0.6) is 11.5 Å². The molecule has 0 fully saturated rings. The molecule has 188 valence electrons. The summed E-state index contributed by atoms with van der Waals surface area (Å²) in [6.45, 7) is 2.17. The number of ketones is 2. The molecule has 3 aromatic rings. The highest BCUT2D eigenvalue weighted by atomic mass is 19.4. The largest absolute Gasteiger partial charge is 0.426 e. The van der Waals surface area contributed by atoms with Crippen molar-refractivity contribution >= 4 is 35.1 Å². The molecule has 3 aromatic carbocycles. The zero-order valence-corrected chi connectivity index (χ0v) is 19.2. The number of amides is 1. The van der Waals surface area contributed by atoms with E-state index >= 15 is 0 Å². The van der Waals surface area contributed by atoms with Gasteiger partial charge in [-0.15, -0.1) is 0 Å². The Balaban J connectivity index is 1.77. The highest BCUT2D eigenvalue weighted by Gasteiger charge is 2.37. The van der Waals surface area contributed by atoms with E-state index in [-0.39, 0.29) is 45.0 Å². The standard InChI is InChI=1S/C26H16F3NO7/c1-12(31)36-19-5-3-4-17-21(19)24(34)22-18(23(17)33)10-14(11-20(22)37-13(2)32)25(35)30-16-8-6-15(7-9-16)26(27,28)29/h3-11H,1-2H3,(H,30,35). The molecule has 0 heterocycles. The molecule has 1 amide bonds. The maximum atomic E-state index is 13.4. The first-order valence-electron chi connectivity index (χ1n) is 10.6. The topological polar surface area (TPSA) is 116 Å². The van der Waals surface area contributed by atoms with E-state index in [1.807, 2.05) is 0 Å². The fraction of sp³-hybridized carbons (Fsp3) is 0.115. The molecule has 0 atom stereocenters. The monoisotopic (exact) mass is 511 g/mol. The van der Waals surface area contributed by atoms with Crippen LogP contribution in [0.25, 0.3) is 0 Å². The number of carbonyl (C=O) groups excluding carboxylic acids is 5. The molecule has 0 unspecified atom stereocenters. The summed E-state index contributed by atoms with van der Waals surface area (Å²) in [7, 11) is 0. The molecule has 8 nitrogen and oxygen atoms in total. The average Bonchev–Trinajstić information content (AvgIpc) is 2.81. The molecule has 0 saturated heterocycles. The van der Waals surface area contributed by atoms with Crippen molar-refractivity contribution in [2.45, 2.75) is 20.0 Å². The molecule has 37 heavy (non-hydrogen) atoms. The van der Waals surface area contributed by atoms with E-state index in [2.05, 4.69) is 5.32 Å². The smallest absolute Gasteiger partial charge is 0.416 e. The summed E-state index contributed by atoms with van der Waals surface area (Å²) < 4.78 is 48.6. The Bertz CT molecular complexity index is 1490. The van der Waals surface area contributed by atoms with Crippen LogP contribution in [0.1, 0.15) is 61.6 Å². The van der Waals surface area contributed by atoms with Gasteiger partial charge in [0.1, 0.15) is 11.5 Å². The number of rotatable bonds is 4. The molecule has 11 heteroatoms. The van der Waals surface area contributed by atoms with Crippen LogP contribution < -0.4 is 14.8 Å². The van der Waals surface area contributed by atoms with Gasteiger partial charge in [-0.3, -0.25) is 24.0 Å². The number of hydrogen-bond donors (Lipinski definition) is 1. The Labute approximate surface area is 207 Å². The van der Waals surface area contributed by atoms with E-state index in [1.165, 1.54) is 18.2 Å². The molecule has 0 aliphatic heterocycles. The molecule has 0 aromatic heterocycles. The van der Waals surface area contributed by atoms with Crippen LogP contribution >= 0.6 is 0 Å². The first-order chi connectivity index (χ1) is 17.4. The van der Waals surface area contributed by atoms with Gasteiger partial charge in [0.05, 0.1) is 16.7 Å². The van der Waals surface area contributed by atoms with Crippen molar-refractivity contribution in [2.75, 3.05) is 5.32 Å². The van der Waals surface area contributed by atoms with Gasteiger partial charge < -0.3 is 14.8 Å². The van der Waals surface area contributed by atoms with Crippen LogP contribution in [0.4, 0.5) is 18.9 Å². The Morgan fingerprint density at radius 2 is 1.35 bits per heavy atom. The second-order valence-corrected chi connectivity index (χ2v) is 7.95. The number of carbonyl (C=O) groups is 5. The molecule has 1 aliphatic carbocycles. The first-order valence-corrected chi connectivity index (χ1v) is 10.6. The van der Waals surface area contributed by atoms with E-state index in [9.17, 15) is 37.1 Å². The number of fused-ring (bicyclic) bond motifs is 2. The number of anilines is 1. The van der Waals surface area contributed by atoms with Crippen LogP contribution in [-0.4, -0.2) is 29.4 Å². The lowest BCUT2D eigenvalue weighted by Crippen LogP contribution is -2.25. The van der Waals surface area contributed by atoms with Gasteiger partial charge in [0.15, 0.2) is 5.78 Å². The predicted molar refractivity (Wildman–Crippen MR) is 122 cm³/mol. The van der Waals surface area contributed by atoms with Gasteiger partial charge in [0.2, 0.25) is 5.78 Å². The summed E-state index contributed by atoms with van der Waals surface area (Å²) in [5.41, 5.74) is -1.92. The summed E-state index contributed by atoms with van der Waals surface area (Å²) >= 11 is 0. The third kappa shape index (κ3) is 4.96. The lowest BCUT2D eigenvalue weighted by molar-refractivity contribution is -0.137. The minimum Gasteiger partial charge on any atom is -0.426 e. The van der Waals surface area contributed by atoms with Crippen molar-refractivity contribution in [3.05, 3.63) is 88.0 Å². The Morgan fingerprint density at radius 1 is 0.757 bits per heavy atom. The van der Waals surface area contributed by atoms with E-state index in [0.717, 1.165) is 50.2 Å². The van der Waals surface area contributed by atoms with Gasteiger partial charge in [-0.2, -0.15) is 13.2 Å². The van der Waals surface area contributed by atoms with Gasteiger partial charge in [0, 0.05) is 36.2 Å². The maximum Gasteiger partial charge on any atom is 0.416 e. The van der Waals surface area contributed by atoms with Crippen molar-refractivity contribution in [2.24, 2.45) is 0 Å². The van der Waals surface area contributed by atoms with E-state index in [0.29, 0.717) is 0 Å². The molecule has 0 saturated carbocycles. The van der Waals surface area contributed by atoms with Crippen molar-refractivity contribution in [3.8, 4) is 11.5 Å². The number of alkyl halides is 3.